The van der Waals surface area contributed by atoms with Gasteiger partial charge in [0.05, 0.1) is 0 Å². The number of hydrogen-bond donors (Lipinski definition) is 0. The molecule has 0 bridgehead atoms. The Bertz CT molecular complexity index is 510. The molecule has 0 heterocycles. The van der Waals surface area contributed by atoms with Crippen LogP contribution in [0.2, 0.25) is 0 Å². The molecular weight excluding hydrogens is 228 g/mol. The Morgan fingerprint density at radius 3 is 1.79 bits per heavy atom. The minimum atomic E-state index is 0.321. The first-order valence-electron chi connectivity index (χ1n) is 6.70. The lowest BCUT2D eigenvalue weighted by atomic mass is 9.79. The number of rotatable bonds is 6. The Morgan fingerprint density at radius 2 is 1.32 bits per heavy atom. The Kier molecular flexibility index (Phi) is 4.74. The normalized spacial score (nSPS) is 13.5. The molecule has 19 heavy (non-hydrogen) atoms. The van der Waals surface area contributed by atoms with E-state index in [-0.39, 0.29) is 0 Å². The van der Waals surface area contributed by atoms with Crippen LogP contribution >= 0.6 is 0 Å². The van der Waals surface area contributed by atoms with Crippen molar-refractivity contribution in [2.75, 3.05) is 0 Å². The highest BCUT2D eigenvalue weighted by molar-refractivity contribution is 5.32. The van der Waals surface area contributed by atoms with Gasteiger partial charge in [0.25, 0.3) is 0 Å². The Hall–Kier alpha value is -2.08. The predicted molar refractivity (Wildman–Crippen MR) is 83.4 cm³/mol. The van der Waals surface area contributed by atoms with E-state index in [1.807, 2.05) is 6.08 Å². The van der Waals surface area contributed by atoms with E-state index in [0.29, 0.717) is 11.8 Å². The standard InChI is InChI=1S/C19H20/c1-3-11-19(17-14-9-6-10-15-17)18(4-2)16-12-7-5-8-13-16/h3-10,12-15,18-19H,1-2,11H2. The predicted octanol–water partition coefficient (Wildman–Crippen LogP) is 5.32. The highest BCUT2D eigenvalue weighted by Gasteiger charge is 2.20. The van der Waals surface area contributed by atoms with Crippen LogP contribution < -0.4 is 0 Å². The van der Waals surface area contributed by atoms with E-state index in [2.05, 4.69) is 79.9 Å². The van der Waals surface area contributed by atoms with Crippen LogP contribution in [-0.4, -0.2) is 0 Å². The van der Waals surface area contributed by atoms with Gasteiger partial charge in [0.2, 0.25) is 0 Å². The van der Waals surface area contributed by atoms with Crippen molar-refractivity contribution < 1.29 is 0 Å². The third-order valence-corrected chi connectivity index (χ3v) is 3.52. The first kappa shape index (κ1) is 13.4. The van der Waals surface area contributed by atoms with Crippen LogP contribution in [0.1, 0.15) is 29.4 Å². The van der Waals surface area contributed by atoms with Crippen LogP contribution in [0.25, 0.3) is 0 Å². The maximum absolute atomic E-state index is 4.03. The second-order valence-corrected chi connectivity index (χ2v) is 4.71. The molecular formula is C19H20. The van der Waals surface area contributed by atoms with Gasteiger partial charge in [-0.3, -0.25) is 0 Å². The van der Waals surface area contributed by atoms with Crippen LogP contribution in [0.4, 0.5) is 0 Å². The van der Waals surface area contributed by atoms with Gasteiger partial charge in [-0.05, 0) is 23.5 Å². The van der Waals surface area contributed by atoms with Gasteiger partial charge in [-0.15, -0.1) is 13.2 Å². The van der Waals surface area contributed by atoms with E-state index in [4.69, 9.17) is 0 Å². The maximum atomic E-state index is 4.03. The average Bonchev–Trinajstić information content (AvgIpc) is 2.49. The number of hydrogen-bond acceptors (Lipinski definition) is 0. The zero-order valence-corrected chi connectivity index (χ0v) is 11.2. The van der Waals surface area contributed by atoms with Crippen molar-refractivity contribution >= 4 is 0 Å². The van der Waals surface area contributed by atoms with Gasteiger partial charge in [0.1, 0.15) is 0 Å². The SMILES string of the molecule is C=CCC(c1ccccc1)C(C=C)c1ccccc1. The van der Waals surface area contributed by atoms with Crippen molar-refractivity contribution in [1.82, 2.24) is 0 Å². The lowest BCUT2D eigenvalue weighted by molar-refractivity contribution is 0.628. The Labute approximate surface area is 116 Å². The van der Waals surface area contributed by atoms with Crippen molar-refractivity contribution in [2.24, 2.45) is 0 Å². The molecule has 2 aromatic carbocycles. The highest BCUT2D eigenvalue weighted by atomic mass is 14.2. The highest BCUT2D eigenvalue weighted by Crippen LogP contribution is 2.36. The Morgan fingerprint density at radius 1 is 0.789 bits per heavy atom. The van der Waals surface area contributed by atoms with E-state index in [9.17, 15) is 0 Å². The molecule has 0 N–H and O–H groups in total. The van der Waals surface area contributed by atoms with Gasteiger partial charge in [0, 0.05) is 5.92 Å². The van der Waals surface area contributed by atoms with E-state index >= 15 is 0 Å². The third kappa shape index (κ3) is 3.23. The lowest BCUT2D eigenvalue weighted by Gasteiger charge is -2.24. The molecule has 0 aromatic heterocycles. The smallest absolute Gasteiger partial charge is 0.00870 e. The first-order valence-corrected chi connectivity index (χ1v) is 6.70. The second-order valence-electron chi connectivity index (χ2n) is 4.71. The topological polar surface area (TPSA) is 0 Å². The minimum Gasteiger partial charge on any atom is -0.103 e. The van der Waals surface area contributed by atoms with Crippen molar-refractivity contribution in [1.29, 1.82) is 0 Å². The lowest BCUT2D eigenvalue weighted by Crippen LogP contribution is -2.08. The minimum absolute atomic E-state index is 0.321. The summed E-state index contributed by atoms with van der Waals surface area (Å²) in [5, 5.41) is 0. The molecule has 2 atom stereocenters. The zero-order valence-electron chi connectivity index (χ0n) is 11.2. The average molecular weight is 248 g/mol. The summed E-state index contributed by atoms with van der Waals surface area (Å²) in [5.41, 5.74) is 2.66. The van der Waals surface area contributed by atoms with Gasteiger partial charge in [-0.1, -0.05) is 72.8 Å². The van der Waals surface area contributed by atoms with Crippen molar-refractivity contribution in [2.45, 2.75) is 18.3 Å². The largest absolute Gasteiger partial charge is 0.103 e. The summed E-state index contributed by atoms with van der Waals surface area (Å²) in [7, 11) is 0. The van der Waals surface area contributed by atoms with Crippen LogP contribution in [0.3, 0.4) is 0 Å². The van der Waals surface area contributed by atoms with Gasteiger partial charge in [-0.25, -0.2) is 0 Å². The molecule has 0 radical (unpaired) electrons. The number of benzene rings is 2. The molecule has 0 aliphatic rings. The summed E-state index contributed by atoms with van der Waals surface area (Å²) in [6, 6.07) is 21.2. The molecule has 0 nitrogen and oxygen atoms in total. The summed E-state index contributed by atoms with van der Waals surface area (Å²) in [4.78, 5) is 0. The second kappa shape index (κ2) is 6.75. The van der Waals surface area contributed by atoms with Crippen LogP contribution in [0.15, 0.2) is 86.0 Å². The van der Waals surface area contributed by atoms with Gasteiger partial charge in [0.15, 0.2) is 0 Å². The fourth-order valence-electron chi connectivity index (χ4n) is 2.58. The van der Waals surface area contributed by atoms with E-state index in [1.165, 1.54) is 11.1 Å². The summed E-state index contributed by atoms with van der Waals surface area (Å²) in [6.07, 6.45) is 5.00. The van der Waals surface area contributed by atoms with Crippen LogP contribution in [-0.2, 0) is 0 Å². The van der Waals surface area contributed by atoms with Crippen molar-refractivity contribution in [3.8, 4) is 0 Å². The molecule has 2 rings (SSSR count). The molecule has 0 spiro atoms. The molecule has 0 heteroatoms. The fourth-order valence-corrected chi connectivity index (χ4v) is 2.58. The third-order valence-electron chi connectivity index (χ3n) is 3.52. The van der Waals surface area contributed by atoms with E-state index in [0.717, 1.165) is 6.42 Å². The van der Waals surface area contributed by atoms with Gasteiger partial charge >= 0.3 is 0 Å². The fraction of sp³-hybridized carbons (Fsp3) is 0.158. The number of allylic oxidation sites excluding steroid dienone is 2. The van der Waals surface area contributed by atoms with Crippen LogP contribution in [0, 0.1) is 0 Å². The van der Waals surface area contributed by atoms with Gasteiger partial charge < -0.3 is 0 Å². The maximum Gasteiger partial charge on any atom is 0.00870 e. The molecule has 96 valence electrons. The quantitative estimate of drug-likeness (QED) is 0.607. The molecule has 0 aliphatic heterocycles. The van der Waals surface area contributed by atoms with E-state index < -0.39 is 0 Å². The van der Waals surface area contributed by atoms with Crippen molar-refractivity contribution in [3.05, 3.63) is 97.1 Å². The molecule has 0 saturated heterocycles. The zero-order chi connectivity index (χ0) is 13.5. The van der Waals surface area contributed by atoms with E-state index in [1.54, 1.807) is 0 Å². The first-order chi connectivity index (χ1) is 9.36. The molecule has 2 aromatic rings. The summed E-state index contributed by atoms with van der Waals surface area (Å²) in [5.74, 6) is 0.722. The molecule has 0 fully saturated rings. The molecule has 0 saturated carbocycles. The summed E-state index contributed by atoms with van der Waals surface area (Å²) in [6.45, 7) is 7.93. The monoisotopic (exact) mass is 248 g/mol. The summed E-state index contributed by atoms with van der Waals surface area (Å²) >= 11 is 0. The molecule has 0 aliphatic carbocycles. The molecule has 0 amide bonds. The van der Waals surface area contributed by atoms with Crippen molar-refractivity contribution in [3.63, 3.8) is 0 Å². The Balaban J connectivity index is 2.37. The van der Waals surface area contributed by atoms with Crippen LogP contribution in [0.5, 0.6) is 0 Å². The summed E-state index contributed by atoms with van der Waals surface area (Å²) < 4.78 is 0. The molecule has 2 unspecified atom stereocenters. The van der Waals surface area contributed by atoms with Gasteiger partial charge in [-0.2, -0.15) is 0 Å².